The first-order valence-electron chi connectivity index (χ1n) is 10.5. The van der Waals surface area contributed by atoms with E-state index in [9.17, 15) is 0 Å². The predicted octanol–water partition coefficient (Wildman–Crippen LogP) is 7.90. The van der Waals surface area contributed by atoms with Gasteiger partial charge in [-0.15, -0.1) is 0 Å². The Kier molecular flexibility index (Phi) is 5.73. The molecule has 0 atom stereocenters. The van der Waals surface area contributed by atoms with Crippen molar-refractivity contribution in [3.8, 4) is 0 Å². The number of hydrogen-bond acceptors (Lipinski definition) is 0. The molecule has 0 amide bonds. The van der Waals surface area contributed by atoms with Crippen LogP contribution in [0, 0.1) is 45.4 Å². The highest BCUT2D eigenvalue weighted by molar-refractivity contribution is 5.45. The maximum absolute atomic E-state index is 2.51. The van der Waals surface area contributed by atoms with E-state index in [1.54, 1.807) is 11.1 Å². The van der Waals surface area contributed by atoms with E-state index in [0.29, 0.717) is 0 Å². The van der Waals surface area contributed by atoms with Crippen LogP contribution in [0.25, 0.3) is 0 Å². The minimum Gasteiger partial charge on any atom is -0.0625 e. The first kappa shape index (κ1) is 18.0. The standard InChI is InChI=1S/C24H38.2H2/c1-16-6-8-21(9-7-16)15-22-10-12-23(13-11-22)24-14-17(2)18(3)19(4)20(24)5;;/h14,16,21-23H,6-13,15H2,1-5H3;2*1H. The summed E-state index contributed by atoms with van der Waals surface area (Å²) in [5.74, 6) is 3.89. The summed E-state index contributed by atoms with van der Waals surface area (Å²) < 4.78 is 0. The Balaban J connectivity index is 0.00000169. The molecule has 0 unspecified atom stereocenters. The van der Waals surface area contributed by atoms with Crippen molar-refractivity contribution in [2.45, 2.75) is 98.3 Å². The van der Waals surface area contributed by atoms with Crippen LogP contribution >= 0.6 is 0 Å². The summed E-state index contributed by atoms with van der Waals surface area (Å²) >= 11 is 0. The minimum atomic E-state index is 0. The molecule has 0 nitrogen and oxygen atoms in total. The van der Waals surface area contributed by atoms with E-state index in [2.05, 4.69) is 40.7 Å². The van der Waals surface area contributed by atoms with Gasteiger partial charge in [0.25, 0.3) is 0 Å². The molecule has 0 radical (unpaired) electrons. The number of hydrogen-bond donors (Lipinski definition) is 0. The molecule has 0 spiro atoms. The Bertz CT molecular complexity index is 562. The average molecular weight is 331 g/mol. The third-order valence-corrected chi connectivity index (χ3v) is 7.61. The SMILES string of the molecule is Cc1cc(C2CCC(CC3CCC(C)CC3)CC2)c(C)c(C)c1C.[HH].[HH]. The Labute approximate surface area is 153 Å². The molecule has 2 aliphatic carbocycles. The first-order valence-corrected chi connectivity index (χ1v) is 10.5. The Morgan fingerprint density at radius 3 is 1.88 bits per heavy atom. The van der Waals surface area contributed by atoms with Crippen LogP contribution in [-0.4, -0.2) is 0 Å². The molecule has 3 rings (SSSR count). The largest absolute Gasteiger partial charge is 0.0625 e. The molecule has 2 saturated carbocycles. The molecule has 0 bridgehead atoms. The van der Waals surface area contributed by atoms with Crippen LogP contribution in [0.5, 0.6) is 0 Å². The lowest BCUT2D eigenvalue weighted by Gasteiger charge is -2.34. The van der Waals surface area contributed by atoms with Crippen molar-refractivity contribution < 1.29 is 2.85 Å². The molecular formula is C24H42. The fourth-order valence-corrected chi connectivity index (χ4v) is 5.41. The van der Waals surface area contributed by atoms with Crippen LogP contribution in [0.3, 0.4) is 0 Å². The molecule has 24 heavy (non-hydrogen) atoms. The summed E-state index contributed by atoms with van der Waals surface area (Å²) in [6.45, 7) is 11.7. The monoisotopic (exact) mass is 330 g/mol. The van der Waals surface area contributed by atoms with Crippen LogP contribution in [0.1, 0.15) is 101 Å². The number of rotatable bonds is 3. The summed E-state index contributed by atoms with van der Waals surface area (Å²) in [6.07, 6.45) is 13.3. The maximum Gasteiger partial charge on any atom is 0 e. The van der Waals surface area contributed by atoms with E-state index in [1.165, 1.54) is 74.5 Å². The summed E-state index contributed by atoms with van der Waals surface area (Å²) in [5, 5.41) is 0. The molecule has 0 heterocycles. The second-order valence-electron chi connectivity index (χ2n) is 9.24. The summed E-state index contributed by atoms with van der Waals surface area (Å²) in [4.78, 5) is 0. The minimum absolute atomic E-state index is 0. The van der Waals surface area contributed by atoms with Crippen molar-refractivity contribution in [3.63, 3.8) is 0 Å². The van der Waals surface area contributed by atoms with Gasteiger partial charge in [0.2, 0.25) is 0 Å². The lowest BCUT2D eigenvalue weighted by molar-refractivity contribution is 0.211. The highest BCUT2D eigenvalue weighted by Crippen LogP contribution is 2.42. The van der Waals surface area contributed by atoms with Gasteiger partial charge in [-0.3, -0.25) is 0 Å². The van der Waals surface area contributed by atoms with Gasteiger partial charge in [0.05, 0.1) is 0 Å². The van der Waals surface area contributed by atoms with Crippen LogP contribution < -0.4 is 0 Å². The van der Waals surface area contributed by atoms with Gasteiger partial charge >= 0.3 is 0 Å². The summed E-state index contributed by atoms with van der Waals surface area (Å²) in [5.41, 5.74) is 7.76. The van der Waals surface area contributed by atoms with Gasteiger partial charge in [-0.1, -0.05) is 38.7 Å². The molecule has 2 fully saturated rings. The van der Waals surface area contributed by atoms with E-state index < -0.39 is 0 Å². The number of aryl methyl sites for hydroxylation is 1. The Morgan fingerprint density at radius 2 is 1.29 bits per heavy atom. The summed E-state index contributed by atoms with van der Waals surface area (Å²) in [7, 11) is 0. The third-order valence-electron chi connectivity index (χ3n) is 7.61. The lowest BCUT2D eigenvalue weighted by Crippen LogP contribution is -2.20. The van der Waals surface area contributed by atoms with Gasteiger partial charge in [0.1, 0.15) is 0 Å². The zero-order chi connectivity index (χ0) is 17.3. The molecule has 0 aliphatic heterocycles. The smallest absolute Gasteiger partial charge is 0 e. The van der Waals surface area contributed by atoms with Crippen molar-refractivity contribution in [2.24, 2.45) is 17.8 Å². The van der Waals surface area contributed by atoms with E-state index in [-0.39, 0.29) is 2.85 Å². The zero-order valence-corrected chi connectivity index (χ0v) is 16.8. The Hall–Kier alpha value is -0.780. The van der Waals surface area contributed by atoms with Gasteiger partial charge in [0, 0.05) is 2.85 Å². The topological polar surface area (TPSA) is 0 Å². The van der Waals surface area contributed by atoms with Crippen molar-refractivity contribution in [1.82, 2.24) is 0 Å². The molecule has 0 heteroatoms. The van der Waals surface area contributed by atoms with Crippen molar-refractivity contribution >= 4 is 0 Å². The summed E-state index contributed by atoms with van der Waals surface area (Å²) in [6, 6.07) is 2.51. The average Bonchev–Trinajstić information content (AvgIpc) is 2.59. The molecule has 0 saturated heterocycles. The van der Waals surface area contributed by atoms with Gasteiger partial charge in [-0.25, -0.2) is 0 Å². The zero-order valence-electron chi connectivity index (χ0n) is 16.8. The van der Waals surface area contributed by atoms with Gasteiger partial charge in [-0.2, -0.15) is 0 Å². The lowest BCUT2D eigenvalue weighted by atomic mass is 9.71. The van der Waals surface area contributed by atoms with Crippen LogP contribution in [0.2, 0.25) is 0 Å². The molecule has 2 aliphatic rings. The highest BCUT2D eigenvalue weighted by atomic mass is 14.3. The quantitative estimate of drug-likeness (QED) is 0.528. The molecule has 1 aromatic rings. The first-order chi connectivity index (χ1) is 11.5. The van der Waals surface area contributed by atoms with Crippen LogP contribution in [0.15, 0.2) is 6.07 Å². The van der Waals surface area contributed by atoms with Crippen LogP contribution in [0.4, 0.5) is 0 Å². The van der Waals surface area contributed by atoms with E-state index in [4.69, 9.17) is 0 Å². The second kappa shape index (κ2) is 7.63. The molecule has 0 N–H and O–H groups in total. The van der Waals surface area contributed by atoms with Crippen molar-refractivity contribution in [3.05, 3.63) is 33.9 Å². The predicted molar refractivity (Wildman–Crippen MR) is 110 cm³/mol. The fourth-order valence-electron chi connectivity index (χ4n) is 5.41. The van der Waals surface area contributed by atoms with E-state index in [1.807, 2.05) is 0 Å². The third kappa shape index (κ3) is 3.89. The van der Waals surface area contributed by atoms with Crippen molar-refractivity contribution in [2.75, 3.05) is 0 Å². The maximum atomic E-state index is 2.51. The molecular weight excluding hydrogens is 288 g/mol. The van der Waals surface area contributed by atoms with Gasteiger partial charge in [0.15, 0.2) is 0 Å². The van der Waals surface area contributed by atoms with Crippen molar-refractivity contribution in [1.29, 1.82) is 0 Å². The normalized spacial score (nSPS) is 31.2. The molecule has 138 valence electrons. The molecule has 1 aromatic carbocycles. The van der Waals surface area contributed by atoms with Gasteiger partial charge in [-0.05, 0) is 111 Å². The number of benzene rings is 1. The van der Waals surface area contributed by atoms with E-state index >= 15 is 0 Å². The van der Waals surface area contributed by atoms with Crippen LogP contribution in [-0.2, 0) is 0 Å². The second-order valence-corrected chi connectivity index (χ2v) is 9.24. The Morgan fingerprint density at radius 1 is 0.750 bits per heavy atom. The highest BCUT2D eigenvalue weighted by Gasteiger charge is 2.27. The molecule has 0 aromatic heterocycles. The fraction of sp³-hybridized carbons (Fsp3) is 0.750. The van der Waals surface area contributed by atoms with E-state index in [0.717, 1.165) is 23.7 Å². The van der Waals surface area contributed by atoms with Gasteiger partial charge < -0.3 is 0 Å².